The summed E-state index contributed by atoms with van der Waals surface area (Å²) in [4.78, 5) is 10.3. The molecule has 0 aromatic heterocycles. The molecule has 1 N–H and O–H groups in total. The molecule has 2 atom stereocenters. The van der Waals surface area contributed by atoms with Crippen LogP contribution in [0.4, 0.5) is 5.69 Å². The molecule has 6 heteroatoms. The first kappa shape index (κ1) is 17.6. The molecule has 126 valence electrons. The summed E-state index contributed by atoms with van der Waals surface area (Å²) < 4.78 is 11.5. The second kappa shape index (κ2) is 7.21. The van der Waals surface area contributed by atoms with Crippen molar-refractivity contribution in [3.63, 3.8) is 0 Å². The summed E-state index contributed by atoms with van der Waals surface area (Å²) >= 11 is 0. The number of hydrogen-bond acceptors (Lipinski definition) is 5. The van der Waals surface area contributed by atoms with Crippen LogP contribution in [0.2, 0.25) is 0 Å². The number of benzene rings is 1. The lowest BCUT2D eigenvalue weighted by molar-refractivity contribution is -0.384. The molecule has 0 unspecified atom stereocenters. The fourth-order valence-electron chi connectivity index (χ4n) is 2.57. The van der Waals surface area contributed by atoms with Crippen molar-refractivity contribution in [2.24, 2.45) is 11.3 Å². The van der Waals surface area contributed by atoms with Gasteiger partial charge >= 0.3 is 0 Å². The molecule has 1 fully saturated rings. The number of aliphatic hydroxyl groups is 1. The van der Waals surface area contributed by atoms with Gasteiger partial charge in [0.25, 0.3) is 5.69 Å². The summed E-state index contributed by atoms with van der Waals surface area (Å²) in [5.41, 5.74) is 0.542. The number of nitro groups is 1. The first-order valence-electron chi connectivity index (χ1n) is 7.60. The fourth-order valence-corrected chi connectivity index (χ4v) is 2.57. The van der Waals surface area contributed by atoms with Gasteiger partial charge in [-0.2, -0.15) is 0 Å². The van der Waals surface area contributed by atoms with Gasteiger partial charge in [0, 0.05) is 23.5 Å². The molecule has 0 spiro atoms. The minimum atomic E-state index is -0.847. The van der Waals surface area contributed by atoms with Gasteiger partial charge in [-0.05, 0) is 24.1 Å². The zero-order valence-electron chi connectivity index (χ0n) is 13.5. The minimum Gasteiger partial charge on any atom is -0.388 e. The first-order valence-corrected chi connectivity index (χ1v) is 7.60. The van der Waals surface area contributed by atoms with Crippen LogP contribution >= 0.6 is 0 Å². The third-order valence-corrected chi connectivity index (χ3v) is 3.92. The highest BCUT2D eigenvalue weighted by molar-refractivity contribution is 5.34. The van der Waals surface area contributed by atoms with Crippen LogP contribution in [0.15, 0.2) is 36.9 Å². The summed E-state index contributed by atoms with van der Waals surface area (Å²) in [6.07, 6.45) is 0.862. The quantitative estimate of drug-likeness (QED) is 0.494. The predicted molar refractivity (Wildman–Crippen MR) is 85.8 cm³/mol. The van der Waals surface area contributed by atoms with Gasteiger partial charge in [-0.3, -0.25) is 10.1 Å². The smallest absolute Gasteiger partial charge is 0.269 e. The summed E-state index contributed by atoms with van der Waals surface area (Å²) in [7, 11) is 0. The molecule has 0 radical (unpaired) electrons. The molecule has 1 aliphatic rings. The van der Waals surface area contributed by atoms with Crippen LogP contribution < -0.4 is 0 Å². The van der Waals surface area contributed by atoms with Crippen molar-refractivity contribution in [1.29, 1.82) is 0 Å². The van der Waals surface area contributed by atoms with Crippen LogP contribution in [0.1, 0.15) is 31.9 Å². The molecule has 23 heavy (non-hydrogen) atoms. The Labute approximate surface area is 135 Å². The lowest BCUT2D eigenvalue weighted by Crippen LogP contribution is -2.42. The molecular formula is C17H23NO5. The monoisotopic (exact) mass is 321 g/mol. The highest BCUT2D eigenvalue weighted by Gasteiger charge is 2.36. The predicted octanol–water partition coefficient (Wildman–Crippen LogP) is 3.22. The molecule has 1 heterocycles. The molecule has 0 saturated carbocycles. The van der Waals surface area contributed by atoms with Crippen molar-refractivity contribution in [3.8, 4) is 0 Å². The van der Waals surface area contributed by atoms with Crippen molar-refractivity contribution in [1.82, 2.24) is 0 Å². The molecule has 1 aromatic carbocycles. The molecule has 0 bridgehead atoms. The Hall–Kier alpha value is -1.76. The van der Waals surface area contributed by atoms with Crippen LogP contribution in [-0.4, -0.2) is 29.5 Å². The Morgan fingerprint density at radius 2 is 1.96 bits per heavy atom. The van der Waals surface area contributed by atoms with Crippen LogP contribution in [0, 0.1) is 21.4 Å². The van der Waals surface area contributed by atoms with Crippen molar-refractivity contribution in [2.45, 2.75) is 32.7 Å². The Kier molecular flexibility index (Phi) is 5.51. The van der Waals surface area contributed by atoms with E-state index in [1.165, 1.54) is 12.1 Å². The average molecular weight is 321 g/mol. The van der Waals surface area contributed by atoms with E-state index in [1.807, 2.05) is 0 Å². The SMILES string of the molecule is C=CC[C@@H](C1OCC(C)(C)CO1)[C@@H](O)c1ccc([N+](=O)[O-])cc1. The van der Waals surface area contributed by atoms with Gasteiger partial charge in [0.2, 0.25) is 0 Å². The zero-order chi connectivity index (χ0) is 17.0. The van der Waals surface area contributed by atoms with Crippen molar-refractivity contribution in [2.75, 3.05) is 13.2 Å². The van der Waals surface area contributed by atoms with Crippen molar-refractivity contribution >= 4 is 5.69 Å². The third kappa shape index (κ3) is 4.37. The van der Waals surface area contributed by atoms with Crippen LogP contribution in [0.5, 0.6) is 0 Å². The molecule has 6 nitrogen and oxygen atoms in total. The molecular weight excluding hydrogens is 298 g/mol. The Bertz CT molecular complexity index is 545. The first-order chi connectivity index (χ1) is 10.8. The van der Waals surface area contributed by atoms with Gasteiger partial charge in [0.05, 0.1) is 24.2 Å². The van der Waals surface area contributed by atoms with E-state index in [1.54, 1.807) is 18.2 Å². The highest BCUT2D eigenvalue weighted by atomic mass is 16.7. The normalized spacial score (nSPS) is 20.7. The lowest BCUT2D eigenvalue weighted by atomic mass is 9.90. The maximum Gasteiger partial charge on any atom is 0.269 e. The van der Waals surface area contributed by atoms with Crippen LogP contribution in [0.3, 0.4) is 0 Å². The molecule has 0 amide bonds. The molecule has 1 aliphatic heterocycles. The standard InChI is InChI=1S/C17H23NO5/c1-4-5-14(16-22-10-17(2,3)11-23-16)15(19)12-6-8-13(9-7-12)18(20)21/h4,6-9,14-16,19H,1,5,10-11H2,2-3H3/t14-,15+/m1/s1. The van der Waals surface area contributed by atoms with Gasteiger partial charge in [0.15, 0.2) is 6.29 Å². The Morgan fingerprint density at radius 1 is 1.39 bits per heavy atom. The minimum absolute atomic E-state index is 0.00635. The highest BCUT2D eigenvalue weighted by Crippen LogP contribution is 2.34. The van der Waals surface area contributed by atoms with E-state index in [2.05, 4.69) is 20.4 Å². The molecule has 1 saturated heterocycles. The van der Waals surface area contributed by atoms with Crippen molar-refractivity contribution < 1.29 is 19.5 Å². The Balaban J connectivity index is 2.13. The maximum absolute atomic E-state index is 10.7. The number of allylic oxidation sites excluding steroid dienone is 1. The largest absolute Gasteiger partial charge is 0.388 e. The zero-order valence-corrected chi connectivity index (χ0v) is 13.5. The van der Waals surface area contributed by atoms with Crippen LogP contribution in [-0.2, 0) is 9.47 Å². The van der Waals surface area contributed by atoms with Crippen LogP contribution in [0.25, 0.3) is 0 Å². The number of nitrogens with zero attached hydrogens (tertiary/aromatic N) is 1. The number of hydrogen-bond donors (Lipinski definition) is 1. The molecule has 0 aliphatic carbocycles. The Morgan fingerprint density at radius 3 is 2.43 bits per heavy atom. The van der Waals surface area contributed by atoms with E-state index >= 15 is 0 Å². The van der Waals surface area contributed by atoms with Gasteiger partial charge in [-0.25, -0.2) is 0 Å². The lowest BCUT2D eigenvalue weighted by Gasteiger charge is -2.39. The fraction of sp³-hybridized carbons (Fsp3) is 0.529. The van der Waals surface area contributed by atoms with Gasteiger partial charge < -0.3 is 14.6 Å². The summed E-state index contributed by atoms with van der Waals surface area (Å²) in [6.45, 7) is 8.94. The number of rotatable bonds is 6. The van der Waals surface area contributed by atoms with E-state index in [0.29, 0.717) is 25.2 Å². The number of non-ortho nitro benzene ring substituents is 1. The second-order valence-electron chi connectivity index (χ2n) is 6.64. The third-order valence-electron chi connectivity index (χ3n) is 3.92. The van der Waals surface area contributed by atoms with E-state index in [-0.39, 0.29) is 17.0 Å². The number of ether oxygens (including phenoxy) is 2. The van der Waals surface area contributed by atoms with E-state index in [4.69, 9.17) is 9.47 Å². The summed E-state index contributed by atoms with van der Waals surface area (Å²) in [5, 5.41) is 21.4. The second-order valence-corrected chi connectivity index (χ2v) is 6.64. The van der Waals surface area contributed by atoms with Crippen molar-refractivity contribution in [3.05, 3.63) is 52.6 Å². The molecule has 1 aromatic rings. The van der Waals surface area contributed by atoms with E-state index in [9.17, 15) is 15.2 Å². The van der Waals surface area contributed by atoms with Gasteiger partial charge in [-0.1, -0.05) is 19.9 Å². The van der Waals surface area contributed by atoms with E-state index in [0.717, 1.165) is 0 Å². The number of nitro benzene ring substituents is 1. The topological polar surface area (TPSA) is 81.8 Å². The summed E-state index contributed by atoms with van der Waals surface area (Å²) in [6, 6.07) is 5.89. The van der Waals surface area contributed by atoms with Gasteiger partial charge in [0.1, 0.15) is 0 Å². The summed E-state index contributed by atoms with van der Waals surface area (Å²) in [5.74, 6) is -0.315. The van der Waals surface area contributed by atoms with E-state index < -0.39 is 17.3 Å². The number of aliphatic hydroxyl groups excluding tert-OH is 1. The van der Waals surface area contributed by atoms with Gasteiger partial charge in [-0.15, -0.1) is 6.58 Å². The molecule has 2 rings (SSSR count). The average Bonchev–Trinajstić information content (AvgIpc) is 2.52. The maximum atomic E-state index is 10.7.